The normalized spacial score (nSPS) is 13.8. The molecule has 230 valence electrons. The van der Waals surface area contributed by atoms with E-state index in [0.717, 1.165) is 70.7 Å². The molecule has 0 bridgehead atoms. The van der Waals surface area contributed by atoms with Crippen LogP contribution in [0.15, 0.2) is 67.3 Å². The topological polar surface area (TPSA) is 108 Å². The Bertz CT molecular complexity index is 1950. The Morgan fingerprint density at radius 3 is 2.53 bits per heavy atom. The third-order valence-corrected chi connectivity index (χ3v) is 8.09. The van der Waals surface area contributed by atoms with Crippen molar-refractivity contribution in [3.05, 3.63) is 73.1 Å². The van der Waals surface area contributed by atoms with Crippen LogP contribution in [0.25, 0.3) is 55.7 Å². The van der Waals surface area contributed by atoms with Gasteiger partial charge in [-0.3, -0.25) is 20.0 Å². The van der Waals surface area contributed by atoms with Gasteiger partial charge in [0, 0.05) is 70.7 Å². The molecule has 0 saturated carbocycles. The van der Waals surface area contributed by atoms with E-state index in [1.54, 1.807) is 12.4 Å². The van der Waals surface area contributed by atoms with Crippen molar-refractivity contribution in [2.75, 3.05) is 53.5 Å². The van der Waals surface area contributed by atoms with Crippen LogP contribution in [0.4, 0.5) is 4.39 Å². The van der Waals surface area contributed by atoms with E-state index < -0.39 is 0 Å². The minimum Gasteiger partial charge on any atom is -0.492 e. The van der Waals surface area contributed by atoms with Crippen LogP contribution in [-0.4, -0.2) is 93.4 Å². The number of aromatic amines is 2. The van der Waals surface area contributed by atoms with Gasteiger partial charge in [-0.15, -0.1) is 0 Å². The highest BCUT2D eigenvalue weighted by Gasteiger charge is 2.17. The predicted molar refractivity (Wildman–Crippen MR) is 173 cm³/mol. The molecule has 1 aliphatic rings. The van der Waals surface area contributed by atoms with E-state index in [1.807, 2.05) is 55.7 Å². The van der Waals surface area contributed by atoms with Crippen LogP contribution >= 0.6 is 0 Å². The Morgan fingerprint density at radius 2 is 1.67 bits per heavy atom. The first-order valence-electron chi connectivity index (χ1n) is 15.2. The summed E-state index contributed by atoms with van der Waals surface area (Å²) in [4.78, 5) is 21.6. The lowest BCUT2D eigenvalue weighted by atomic mass is 10.1. The number of benzene rings is 1. The molecule has 0 amide bonds. The fourth-order valence-electron chi connectivity index (χ4n) is 5.76. The molecule has 10 nitrogen and oxygen atoms in total. The maximum absolute atomic E-state index is 14.7. The van der Waals surface area contributed by atoms with Crippen molar-refractivity contribution in [3.8, 4) is 45.3 Å². The van der Waals surface area contributed by atoms with Crippen LogP contribution in [0.3, 0.4) is 0 Å². The Hall–Kier alpha value is -4.87. The summed E-state index contributed by atoms with van der Waals surface area (Å²) in [6.45, 7) is 5.02. The summed E-state index contributed by atoms with van der Waals surface area (Å²) in [6, 6.07) is 12.6. The van der Waals surface area contributed by atoms with Crippen LogP contribution in [0.1, 0.15) is 12.8 Å². The number of hydrogen-bond acceptors (Lipinski definition) is 8. The van der Waals surface area contributed by atoms with Gasteiger partial charge in [0.2, 0.25) is 0 Å². The maximum Gasteiger partial charge on any atom is 0.155 e. The van der Waals surface area contributed by atoms with Gasteiger partial charge in [0.1, 0.15) is 36.2 Å². The van der Waals surface area contributed by atoms with Gasteiger partial charge in [0.25, 0.3) is 0 Å². The van der Waals surface area contributed by atoms with Crippen LogP contribution < -0.4 is 9.47 Å². The SMILES string of the molecule is CN(C)CCOc1cc(F)cc(-c2nccc3[nH]c(-c4n[nH]c5ncc(-c6cncc(OCCN7CCCC7)c6)cc45)cc23)c1. The molecule has 7 rings (SSSR count). The second-order valence-electron chi connectivity index (χ2n) is 11.6. The van der Waals surface area contributed by atoms with Gasteiger partial charge in [-0.25, -0.2) is 9.37 Å². The summed E-state index contributed by atoms with van der Waals surface area (Å²) >= 11 is 0. The second kappa shape index (κ2) is 12.6. The number of nitrogens with one attached hydrogen (secondary N) is 2. The molecule has 0 aliphatic carbocycles. The van der Waals surface area contributed by atoms with E-state index in [-0.39, 0.29) is 5.82 Å². The number of likely N-dealkylation sites (N-methyl/N-ethyl adjacent to an activating group) is 1. The van der Waals surface area contributed by atoms with Crippen molar-refractivity contribution < 1.29 is 13.9 Å². The fraction of sp³-hybridized carbons (Fsp3) is 0.294. The fourth-order valence-corrected chi connectivity index (χ4v) is 5.76. The van der Waals surface area contributed by atoms with Crippen molar-refractivity contribution in [3.63, 3.8) is 0 Å². The Kier molecular flexibility index (Phi) is 8.10. The maximum atomic E-state index is 14.7. The van der Waals surface area contributed by atoms with E-state index in [2.05, 4.69) is 41.1 Å². The summed E-state index contributed by atoms with van der Waals surface area (Å²) in [7, 11) is 3.94. The summed E-state index contributed by atoms with van der Waals surface area (Å²) in [5.74, 6) is 0.821. The Balaban J connectivity index is 1.17. The minimum absolute atomic E-state index is 0.380. The highest BCUT2D eigenvalue weighted by Crippen LogP contribution is 2.35. The summed E-state index contributed by atoms with van der Waals surface area (Å²) in [6.07, 6.45) is 9.61. The molecule has 1 aliphatic heterocycles. The minimum atomic E-state index is -0.380. The van der Waals surface area contributed by atoms with Crippen LogP contribution in [0.2, 0.25) is 0 Å². The van der Waals surface area contributed by atoms with Crippen molar-refractivity contribution in [1.82, 2.24) is 39.9 Å². The molecule has 45 heavy (non-hydrogen) atoms. The lowest BCUT2D eigenvalue weighted by molar-refractivity contribution is 0.237. The molecule has 0 spiro atoms. The summed E-state index contributed by atoms with van der Waals surface area (Å²) < 4.78 is 26.5. The molecule has 1 aromatic carbocycles. The van der Waals surface area contributed by atoms with Crippen LogP contribution in [-0.2, 0) is 0 Å². The van der Waals surface area contributed by atoms with E-state index in [0.29, 0.717) is 35.9 Å². The number of nitrogens with zero attached hydrogens (tertiary/aromatic N) is 6. The van der Waals surface area contributed by atoms with E-state index in [1.165, 1.54) is 25.0 Å². The van der Waals surface area contributed by atoms with E-state index in [9.17, 15) is 4.39 Å². The number of hydrogen-bond donors (Lipinski definition) is 2. The number of halogens is 1. The van der Waals surface area contributed by atoms with Crippen LogP contribution in [0, 0.1) is 5.82 Å². The van der Waals surface area contributed by atoms with Crippen LogP contribution in [0.5, 0.6) is 11.5 Å². The molecule has 0 radical (unpaired) electrons. The molecule has 5 aromatic heterocycles. The van der Waals surface area contributed by atoms with E-state index in [4.69, 9.17) is 9.47 Å². The number of aromatic nitrogens is 6. The third kappa shape index (κ3) is 6.36. The largest absolute Gasteiger partial charge is 0.492 e. The average Bonchev–Trinajstić information content (AvgIpc) is 3.80. The standard InChI is InChI=1S/C34H35FN8O2/c1-42(2)9-11-44-26-14-22(13-25(35)17-26)32-28-18-31(39-30(28)5-6-37-32)33-29-16-24(20-38-34(29)41-40-33)23-15-27(21-36-19-23)45-12-10-43-7-3-4-8-43/h5-6,13-21,39H,3-4,7-12H2,1-2H3,(H,38,40,41). The van der Waals surface area contributed by atoms with Gasteiger partial charge in [-0.05, 0) is 76.4 Å². The summed E-state index contributed by atoms with van der Waals surface area (Å²) in [5, 5.41) is 9.36. The zero-order valence-electron chi connectivity index (χ0n) is 25.4. The number of pyridine rings is 3. The molecule has 1 fully saturated rings. The quantitative estimate of drug-likeness (QED) is 0.191. The lowest BCUT2D eigenvalue weighted by Gasteiger charge is -2.15. The van der Waals surface area contributed by atoms with Crippen molar-refractivity contribution in [2.24, 2.45) is 0 Å². The first-order chi connectivity index (χ1) is 22.0. The Labute approximate surface area is 260 Å². The molecule has 11 heteroatoms. The highest BCUT2D eigenvalue weighted by molar-refractivity contribution is 6.00. The van der Waals surface area contributed by atoms with Crippen molar-refractivity contribution in [2.45, 2.75) is 12.8 Å². The Morgan fingerprint density at radius 1 is 0.844 bits per heavy atom. The molecular weight excluding hydrogens is 571 g/mol. The molecule has 6 heterocycles. The molecular formula is C34H35FN8O2. The van der Waals surface area contributed by atoms with Crippen molar-refractivity contribution >= 4 is 21.9 Å². The second-order valence-corrected chi connectivity index (χ2v) is 11.6. The number of rotatable bonds is 11. The molecule has 6 aromatic rings. The van der Waals surface area contributed by atoms with E-state index >= 15 is 0 Å². The predicted octanol–water partition coefficient (Wildman–Crippen LogP) is 5.78. The lowest BCUT2D eigenvalue weighted by Crippen LogP contribution is -2.25. The highest BCUT2D eigenvalue weighted by atomic mass is 19.1. The molecule has 0 unspecified atom stereocenters. The first kappa shape index (κ1) is 28.9. The van der Waals surface area contributed by atoms with Gasteiger partial charge in [0.05, 0.1) is 17.6 Å². The van der Waals surface area contributed by atoms with Gasteiger partial charge < -0.3 is 19.4 Å². The zero-order valence-corrected chi connectivity index (χ0v) is 25.4. The smallest absolute Gasteiger partial charge is 0.155 e. The van der Waals surface area contributed by atoms with Crippen molar-refractivity contribution in [1.29, 1.82) is 0 Å². The first-order valence-corrected chi connectivity index (χ1v) is 15.2. The number of H-pyrrole nitrogens is 2. The van der Waals surface area contributed by atoms with Gasteiger partial charge in [-0.1, -0.05) is 0 Å². The molecule has 1 saturated heterocycles. The van der Waals surface area contributed by atoms with Gasteiger partial charge in [-0.2, -0.15) is 5.10 Å². The molecule has 2 N–H and O–H groups in total. The van der Waals surface area contributed by atoms with Gasteiger partial charge >= 0.3 is 0 Å². The molecule has 0 atom stereocenters. The number of fused-ring (bicyclic) bond motifs is 2. The number of ether oxygens (including phenoxy) is 2. The van der Waals surface area contributed by atoms with Gasteiger partial charge in [0.15, 0.2) is 5.65 Å². The number of likely N-dealkylation sites (tertiary alicyclic amines) is 1. The zero-order chi connectivity index (χ0) is 30.8. The average molecular weight is 607 g/mol. The summed E-state index contributed by atoms with van der Waals surface area (Å²) in [5.41, 5.74) is 6.14. The monoisotopic (exact) mass is 606 g/mol. The third-order valence-electron chi connectivity index (χ3n) is 8.09.